The lowest BCUT2D eigenvalue weighted by Crippen LogP contribution is -2.12. The number of hydrogen-bond acceptors (Lipinski definition) is 5. The molecule has 0 aliphatic rings. The van der Waals surface area contributed by atoms with E-state index in [0.717, 1.165) is 12.8 Å². The Balaban J connectivity index is 3.33. The average molecular weight is 392 g/mol. The summed E-state index contributed by atoms with van der Waals surface area (Å²) in [5, 5.41) is 3.17. The molecule has 22 heavy (non-hydrogen) atoms. The van der Waals surface area contributed by atoms with Crippen LogP contribution >= 0.6 is 15.9 Å². The first-order valence-electron chi connectivity index (χ1n) is 7.34. The van der Waals surface area contributed by atoms with Gasteiger partial charge in [0.1, 0.15) is 0 Å². The maximum Gasteiger partial charge on any atom is 0.338 e. The predicted octanol–water partition coefficient (Wildman–Crippen LogP) is 3.63. The van der Waals surface area contributed by atoms with E-state index in [9.17, 15) is 13.2 Å². The number of carbonyl (C=O) groups is 1. The molecular weight excluding hydrogens is 370 g/mol. The lowest BCUT2D eigenvalue weighted by Gasteiger charge is -2.14. The second-order valence-corrected chi connectivity index (χ2v) is 7.78. The maximum absolute atomic E-state index is 12.2. The van der Waals surface area contributed by atoms with Gasteiger partial charge < -0.3 is 10.1 Å². The summed E-state index contributed by atoms with van der Waals surface area (Å²) >= 11 is 3.34. The lowest BCUT2D eigenvalue weighted by molar-refractivity contribution is 0.0526. The van der Waals surface area contributed by atoms with Crippen LogP contribution in [0.4, 0.5) is 5.69 Å². The third-order valence-electron chi connectivity index (χ3n) is 3.11. The van der Waals surface area contributed by atoms with E-state index >= 15 is 0 Å². The van der Waals surface area contributed by atoms with Gasteiger partial charge in [0.15, 0.2) is 9.84 Å². The van der Waals surface area contributed by atoms with Crippen molar-refractivity contribution in [3.8, 4) is 0 Å². The molecule has 0 saturated heterocycles. The van der Waals surface area contributed by atoms with Crippen LogP contribution in [0.15, 0.2) is 21.5 Å². The van der Waals surface area contributed by atoms with Crippen molar-refractivity contribution in [1.82, 2.24) is 0 Å². The summed E-state index contributed by atoms with van der Waals surface area (Å²) in [4.78, 5) is 12.1. The number of nitrogens with one attached hydrogen (secondary N) is 1. The van der Waals surface area contributed by atoms with E-state index in [1.165, 1.54) is 6.07 Å². The highest BCUT2D eigenvalue weighted by Crippen LogP contribution is 2.32. The summed E-state index contributed by atoms with van der Waals surface area (Å²) in [5.41, 5.74) is 0.821. The van der Waals surface area contributed by atoms with E-state index in [-0.39, 0.29) is 22.8 Å². The molecule has 1 aromatic carbocycles. The van der Waals surface area contributed by atoms with Crippen LogP contribution in [0.5, 0.6) is 0 Å². The Labute approximate surface area is 140 Å². The smallest absolute Gasteiger partial charge is 0.338 e. The van der Waals surface area contributed by atoms with Crippen molar-refractivity contribution in [2.75, 3.05) is 24.2 Å². The number of halogens is 1. The largest absolute Gasteiger partial charge is 0.462 e. The van der Waals surface area contributed by atoms with Crippen molar-refractivity contribution >= 4 is 37.4 Å². The van der Waals surface area contributed by atoms with Gasteiger partial charge in [-0.1, -0.05) is 20.3 Å². The molecule has 0 bridgehead atoms. The summed E-state index contributed by atoms with van der Waals surface area (Å²) in [6.45, 7) is 6.29. The number of benzene rings is 1. The number of rotatable bonds is 8. The molecule has 5 nitrogen and oxygen atoms in total. The summed E-state index contributed by atoms with van der Waals surface area (Å²) in [6, 6.07) is 2.98. The molecule has 0 amide bonds. The highest BCUT2D eigenvalue weighted by Gasteiger charge is 2.22. The summed E-state index contributed by atoms with van der Waals surface area (Å²) in [7, 11) is -3.45. The topological polar surface area (TPSA) is 72.5 Å². The maximum atomic E-state index is 12.2. The molecule has 0 aromatic heterocycles. The van der Waals surface area contributed by atoms with Gasteiger partial charge >= 0.3 is 5.97 Å². The first kappa shape index (κ1) is 19.0. The molecule has 124 valence electrons. The zero-order chi connectivity index (χ0) is 16.8. The molecule has 0 atom stereocenters. The Kier molecular flexibility index (Phi) is 7.35. The summed E-state index contributed by atoms with van der Waals surface area (Å²) in [5.74, 6) is -0.562. The molecule has 0 saturated carbocycles. The van der Waals surface area contributed by atoms with Gasteiger partial charge in [-0.15, -0.1) is 0 Å². The second-order valence-electron chi connectivity index (χ2n) is 4.74. The number of sulfone groups is 1. The molecule has 0 heterocycles. The molecule has 0 radical (unpaired) electrons. The number of unbranched alkanes of at least 4 members (excludes halogenated alkanes) is 1. The summed E-state index contributed by atoms with van der Waals surface area (Å²) in [6.07, 6.45) is 1.97. The fourth-order valence-electron chi connectivity index (χ4n) is 1.84. The molecule has 1 aromatic rings. The minimum absolute atomic E-state index is 0.0354. The van der Waals surface area contributed by atoms with Crippen LogP contribution in [0.3, 0.4) is 0 Å². The first-order chi connectivity index (χ1) is 10.4. The Morgan fingerprint density at radius 3 is 2.50 bits per heavy atom. The van der Waals surface area contributed by atoms with Crippen molar-refractivity contribution in [3.63, 3.8) is 0 Å². The van der Waals surface area contributed by atoms with Crippen molar-refractivity contribution in [2.45, 2.75) is 38.5 Å². The van der Waals surface area contributed by atoms with Gasteiger partial charge in [0.2, 0.25) is 0 Å². The van der Waals surface area contributed by atoms with Crippen LogP contribution < -0.4 is 5.32 Å². The van der Waals surface area contributed by atoms with E-state index in [1.807, 2.05) is 0 Å². The normalized spacial score (nSPS) is 11.3. The highest BCUT2D eigenvalue weighted by atomic mass is 79.9. The van der Waals surface area contributed by atoms with Gasteiger partial charge in [-0.3, -0.25) is 0 Å². The van der Waals surface area contributed by atoms with Crippen molar-refractivity contribution < 1.29 is 17.9 Å². The Morgan fingerprint density at radius 1 is 1.27 bits per heavy atom. The fraction of sp³-hybridized carbons (Fsp3) is 0.533. The van der Waals surface area contributed by atoms with Crippen LogP contribution in [0.25, 0.3) is 0 Å². The minimum atomic E-state index is -3.45. The van der Waals surface area contributed by atoms with E-state index in [0.29, 0.717) is 16.7 Å². The third kappa shape index (κ3) is 4.71. The standard InChI is InChI=1S/C15H22BrNO4S/c1-4-7-8-17-12-9-11(15(18)21-5-2)10-13(14(12)16)22(19,20)6-3/h9-10,17H,4-8H2,1-3H3. The van der Waals surface area contributed by atoms with Gasteiger partial charge in [-0.2, -0.15) is 0 Å². The number of carbonyl (C=O) groups excluding carboxylic acids is 1. The van der Waals surface area contributed by atoms with E-state index in [2.05, 4.69) is 28.2 Å². The zero-order valence-electron chi connectivity index (χ0n) is 13.1. The van der Waals surface area contributed by atoms with Crippen molar-refractivity contribution in [2.24, 2.45) is 0 Å². The molecule has 0 spiro atoms. The molecule has 0 aliphatic carbocycles. The van der Waals surface area contributed by atoms with Crippen molar-refractivity contribution in [3.05, 3.63) is 22.2 Å². The van der Waals surface area contributed by atoms with E-state index in [4.69, 9.17) is 4.74 Å². The van der Waals surface area contributed by atoms with Gasteiger partial charge in [0, 0.05) is 6.54 Å². The van der Waals surface area contributed by atoms with Gasteiger partial charge in [-0.05, 0) is 41.4 Å². The van der Waals surface area contributed by atoms with Crippen LogP contribution in [0.1, 0.15) is 44.0 Å². The Hall–Kier alpha value is -1.08. The van der Waals surface area contributed by atoms with Crippen LogP contribution in [-0.4, -0.2) is 33.3 Å². The monoisotopic (exact) mass is 391 g/mol. The van der Waals surface area contributed by atoms with Gasteiger partial charge in [-0.25, -0.2) is 13.2 Å². The molecule has 1 N–H and O–H groups in total. The van der Waals surface area contributed by atoms with Crippen LogP contribution in [0, 0.1) is 0 Å². The molecule has 0 fully saturated rings. The highest BCUT2D eigenvalue weighted by molar-refractivity contribution is 9.10. The molecule has 0 aliphatic heterocycles. The lowest BCUT2D eigenvalue weighted by atomic mass is 10.2. The van der Waals surface area contributed by atoms with Gasteiger partial charge in [0.25, 0.3) is 0 Å². The SMILES string of the molecule is CCCCNc1cc(C(=O)OCC)cc(S(=O)(=O)CC)c1Br. The molecule has 7 heteroatoms. The van der Waals surface area contributed by atoms with Gasteiger partial charge in [0.05, 0.1) is 33.0 Å². The second kappa shape index (κ2) is 8.53. The molecule has 1 rings (SSSR count). The number of anilines is 1. The Bertz CT molecular complexity index is 629. The summed E-state index contributed by atoms with van der Waals surface area (Å²) < 4.78 is 29.9. The fourth-order valence-corrected chi connectivity index (χ4v) is 3.95. The molecule has 0 unspecified atom stereocenters. The minimum Gasteiger partial charge on any atom is -0.462 e. The van der Waals surface area contributed by atoms with Crippen LogP contribution in [0.2, 0.25) is 0 Å². The van der Waals surface area contributed by atoms with E-state index < -0.39 is 15.8 Å². The first-order valence-corrected chi connectivity index (χ1v) is 9.79. The third-order valence-corrected chi connectivity index (χ3v) is 5.98. The van der Waals surface area contributed by atoms with Crippen LogP contribution in [-0.2, 0) is 14.6 Å². The van der Waals surface area contributed by atoms with E-state index in [1.54, 1.807) is 19.9 Å². The Morgan fingerprint density at radius 2 is 1.95 bits per heavy atom. The zero-order valence-corrected chi connectivity index (χ0v) is 15.5. The quantitative estimate of drug-likeness (QED) is 0.540. The number of esters is 1. The average Bonchev–Trinajstić information content (AvgIpc) is 2.49. The van der Waals surface area contributed by atoms with Crippen molar-refractivity contribution in [1.29, 1.82) is 0 Å². The number of hydrogen-bond donors (Lipinski definition) is 1. The number of ether oxygens (including phenoxy) is 1. The molecular formula is C15H22BrNO4S. The predicted molar refractivity (Wildman–Crippen MR) is 91.2 cm³/mol.